The first-order valence-electron chi connectivity index (χ1n) is 6.18. The fraction of sp³-hybridized carbons (Fsp3) is 0.500. The molecule has 0 radical (unpaired) electrons. The summed E-state index contributed by atoms with van der Waals surface area (Å²) < 4.78 is 13.3. The van der Waals surface area contributed by atoms with Gasteiger partial charge < -0.3 is 10.2 Å². The van der Waals surface area contributed by atoms with Crippen LogP contribution in [0.25, 0.3) is 0 Å². The van der Waals surface area contributed by atoms with E-state index < -0.39 is 17.6 Å². The van der Waals surface area contributed by atoms with Crippen molar-refractivity contribution in [3.05, 3.63) is 29.3 Å². The second kappa shape index (κ2) is 4.59. The second-order valence-corrected chi connectivity index (χ2v) is 4.99. The molecule has 98 valence electrons. The topological polar surface area (TPSA) is 57.5 Å². The van der Waals surface area contributed by atoms with E-state index in [9.17, 15) is 19.4 Å². The number of aliphatic carboxylic acids is 1. The Labute approximate surface area is 105 Å². The molecule has 1 aliphatic carbocycles. The smallest absolute Gasteiger partial charge is 0.314 e. The van der Waals surface area contributed by atoms with E-state index in [1.54, 1.807) is 0 Å². The highest BCUT2D eigenvalue weighted by Crippen LogP contribution is 2.45. The zero-order valence-electron chi connectivity index (χ0n) is 10.3. The molecule has 0 aromatic heterocycles. The predicted octanol–water partition coefficient (Wildman–Crippen LogP) is 3.32. The maximum absolute atomic E-state index is 13.3. The molecule has 1 aromatic carbocycles. The lowest BCUT2D eigenvalue weighted by molar-refractivity contribution is -0.143. The van der Waals surface area contributed by atoms with Crippen molar-refractivity contribution < 1.29 is 19.4 Å². The predicted molar refractivity (Wildman–Crippen MR) is 65.4 cm³/mol. The summed E-state index contributed by atoms with van der Waals surface area (Å²) in [7, 11) is 0. The molecule has 1 aromatic rings. The number of phenols is 1. The summed E-state index contributed by atoms with van der Waals surface area (Å²) >= 11 is 0. The average molecular weight is 252 g/mol. The molecule has 0 spiro atoms. The summed E-state index contributed by atoms with van der Waals surface area (Å²) in [5.74, 6) is -0.984. The third-order valence-electron chi connectivity index (χ3n) is 3.86. The molecule has 0 bridgehead atoms. The minimum Gasteiger partial charge on any atom is -0.508 e. The molecule has 0 heterocycles. The third kappa shape index (κ3) is 1.96. The molecular weight excluding hydrogens is 235 g/mol. The summed E-state index contributed by atoms with van der Waals surface area (Å²) in [6, 6.07) is 4.39. The first kappa shape index (κ1) is 12.9. The maximum atomic E-state index is 13.3. The van der Waals surface area contributed by atoms with Crippen LogP contribution in [0.3, 0.4) is 0 Å². The molecule has 0 aliphatic heterocycles. The van der Waals surface area contributed by atoms with Crippen LogP contribution in [0.1, 0.15) is 49.9 Å². The Morgan fingerprint density at radius 3 is 2.50 bits per heavy atom. The molecule has 2 N–H and O–H groups in total. The Hall–Kier alpha value is -1.58. The Morgan fingerprint density at radius 2 is 2.00 bits per heavy atom. The van der Waals surface area contributed by atoms with Crippen molar-refractivity contribution in [3.8, 4) is 5.75 Å². The van der Waals surface area contributed by atoms with Gasteiger partial charge in [-0.3, -0.25) is 4.79 Å². The molecule has 1 fully saturated rings. The van der Waals surface area contributed by atoms with Crippen LogP contribution in [-0.4, -0.2) is 16.2 Å². The van der Waals surface area contributed by atoms with Crippen molar-refractivity contribution in [1.29, 1.82) is 0 Å². The van der Waals surface area contributed by atoms with Gasteiger partial charge in [-0.2, -0.15) is 0 Å². The van der Waals surface area contributed by atoms with Crippen molar-refractivity contribution >= 4 is 5.97 Å². The van der Waals surface area contributed by atoms with Gasteiger partial charge in [0.05, 0.1) is 5.41 Å². The van der Waals surface area contributed by atoms with Gasteiger partial charge in [0.25, 0.3) is 0 Å². The Bertz CT molecular complexity index is 462. The number of carbonyl (C=O) groups is 1. The highest BCUT2D eigenvalue weighted by atomic mass is 19.1. The number of rotatable bonds is 3. The molecular formula is C14H17FO3. The Morgan fingerprint density at radius 1 is 1.39 bits per heavy atom. The highest BCUT2D eigenvalue weighted by Gasteiger charge is 2.44. The van der Waals surface area contributed by atoms with Crippen LogP contribution in [0.4, 0.5) is 4.39 Å². The molecule has 0 saturated heterocycles. The number of hydrogen-bond acceptors (Lipinski definition) is 2. The number of phenolic OH excluding ortho intramolecular Hbond substituents is 1. The molecule has 2 rings (SSSR count). The third-order valence-corrected chi connectivity index (χ3v) is 3.86. The lowest BCUT2D eigenvalue weighted by Gasteiger charge is -2.26. The molecule has 4 heteroatoms. The number of carboxylic acid groups (broad SMARTS) is 1. The number of halogens is 1. The quantitative estimate of drug-likeness (QED) is 0.867. The number of alkyl halides is 1. The van der Waals surface area contributed by atoms with Crippen molar-refractivity contribution in [1.82, 2.24) is 0 Å². The van der Waals surface area contributed by atoms with E-state index in [0.29, 0.717) is 24.0 Å². The largest absolute Gasteiger partial charge is 0.508 e. The normalized spacial score (nSPS) is 19.7. The van der Waals surface area contributed by atoms with E-state index in [4.69, 9.17) is 0 Å². The molecule has 1 atom stereocenters. The lowest BCUT2D eigenvalue weighted by atomic mass is 9.77. The Kier molecular flexibility index (Phi) is 3.28. The summed E-state index contributed by atoms with van der Waals surface area (Å²) in [5, 5.41) is 19.4. The molecule has 1 saturated carbocycles. The van der Waals surface area contributed by atoms with Gasteiger partial charge in [-0.1, -0.05) is 18.9 Å². The first-order chi connectivity index (χ1) is 8.47. The second-order valence-electron chi connectivity index (χ2n) is 4.99. The van der Waals surface area contributed by atoms with E-state index in [1.165, 1.54) is 25.1 Å². The van der Waals surface area contributed by atoms with Crippen molar-refractivity contribution in [2.45, 2.75) is 44.2 Å². The van der Waals surface area contributed by atoms with Gasteiger partial charge in [0.1, 0.15) is 11.9 Å². The summed E-state index contributed by atoms with van der Waals surface area (Å²) in [5.41, 5.74) is -0.278. The number of hydrogen-bond donors (Lipinski definition) is 2. The van der Waals surface area contributed by atoms with E-state index in [-0.39, 0.29) is 5.75 Å². The van der Waals surface area contributed by atoms with Crippen LogP contribution in [0.5, 0.6) is 5.75 Å². The standard InChI is InChI=1S/C14H17FO3/c1-9(15)10-4-5-12(16)11(8-10)14(13(17)18)6-2-3-7-14/h4-5,8-9,16H,2-3,6-7H2,1H3,(H,17,18). The summed E-state index contributed by atoms with van der Waals surface area (Å²) in [4.78, 5) is 11.6. The number of aromatic hydroxyl groups is 1. The molecule has 1 unspecified atom stereocenters. The van der Waals surface area contributed by atoms with E-state index in [1.807, 2.05) is 0 Å². The van der Waals surface area contributed by atoms with Gasteiger partial charge in [-0.25, -0.2) is 4.39 Å². The molecule has 18 heavy (non-hydrogen) atoms. The zero-order valence-corrected chi connectivity index (χ0v) is 10.3. The number of carboxylic acids is 1. The molecule has 3 nitrogen and oxygen atoms in total. The Balaban J connectivity index is 2.54. The first-order valence-corrected chi connectivity index (χ1v) is 6.18. The van der Waals surface area contributed by atoms with E-state index in [2.05, 4.69) is 0 Å². The van der Waals surface area contributed by atoms with Crippen molar-refractivity contribution in [2.24, 2.45) is 0 Å². The van der Waals surface area contributed by atoms with Gasteiger partial charge in [0, 0.05) is 5.56 Å². The van der Waals surface area contributed by atoms with Crippen LogP contribution < -0.4 is 0 Å². The van der Waals surface area contributed by atoms with Crippen LogP contribution in [-0.2, 0) is 10.2 Å². The van der Waals surface area contributed by atoms with Gasteiger partial charge >= 0.3 is 5.97 Å². The minimum absolute atomic E-state index is 0.0521. The van der Waals surface area contributed by atoms with Crippen LogP contribution in [0.2, 0.25) is 0 Å². The SMILES string of the molecule is CC(F)c1ccc(O)c(C2(C(=O)O)CCCC2)c1. The average Bonchev–Trinajstić information content (AvgIpc) is 2.79. The van der Waals surface area contributed by atoms with Gasteiger partial charge in [0.15, 0.2) is 0 Å². The summed E-state index contributed by atoms with van der Waals surface area (Å²) in [6.07, 6.45) is 1.47. The number of benzene rings is 1. The van der Waals surface area contributed by atoms with Gasteiger partial charge in [-0.15, -0.1) is 0 Å². The minimum atomic E-state index is -1.17. The van der Waals surface area contributed by atoms with E-state index in [0.717, 1.165) is 12.8 Å². The lowest BCUT2D eigenvalue weighted by Crippen LogP contribution is -2.32. The van der Waals surface area contributed by atoms with Gasteiger partial charge in [-0.05, 0) is 37.5 Å². The monoisotopic (exact) mass is 252 g/mol. The fourth-order valence-electron chi connectivity index (χ4n) is 2.76. The fourth-order valence-corrected chi connectivity index (χ4v) is 2.76. The van der Waals surface area contributed by atoms with Gasteiger partial charge in [0.2, 0.25) is 0 Å². The van der Waals surface area contributed by atoms with Crippen LogP contribution >= 0.6 is 0 Å². The van der Waals surface area contributed by atoms with Crippen molar-refractivity contribution in [2.75, 3.05) is 0 Å². The van der Waals surface area contributed by atoms with Crippen molar-refractivity contribution in [3.63, 3.8) is 0 Å². The zero-order chi connectivity index (χ0) is 13.3. The summed E-state index contributed by atoms with van der Waals surface area (Å²) in [6.45, 7) is 1.40. The van der Waals surface area contributed by atoms with E-state index >= 15 is 0 Å². The van der Waals surface area contributed by atoms with Crippen LogP contribution in [0.15, 0.2) is 18.2 Å². The van der Waals surface area contributed by atoms with Crippen LogP contribution in [0, 0.1) is 0 Å². The molecule has 0 amide bonds. The maximum Gasteiger partial charge on any atom is 0.314 e. The molecule has 1 aliphatic rings. The highest BCUT2D eigenvalue weighted by molar-refractivity contribution is 5.83.